The molecular weight excluding hydrogens is 210 g/mol. The molecule has 3 nitrogen and oxygen atoms in total. The summed E-state index contributed by atoms with van der Waals surface area (Å²) < 4.78 is 0. The molecule has 0 fully saturated rings. The van der Waals surface area contributed by atoms with E-state index in [1.807, 2.05) is 24.3 Å². The number of aromatic nitrogens is 2. The fraction of sp³-hybridized carbons (Fsp3) is 0.273. The zero-order chi connectivity index (χ0) is 10.5. The molecule has 4 heteroatoms. The molecule has 0 spiro atoms. The highest BCUT2D eigenvalue weighted by Gasteiger charge is 2.00. The van der Waals surface area contributed by atoms with Gasteiger partial charge in [-0.2, -0.15) is 10.2 Å². The van der Waals surface area contributed by atoms with Gasteiger partial charge in [-0.3, -0.25) is 0 Å². The molecule has 1 N–H and O–H groups in total. The van der Waals surface area contributed by atoms with Crippen LogP contribution in [0, 0.1) is 0 Å². The van der Waals surface area contributed by atoms with Crippen molar-refractivity contribution in [1.82, 2.24) is 10.2 Å². The highest BCUT2D eigenvalue weighted by Crippen LogP contribution is 2.19. The monoisotopic (exact) mass is 221 g/mol. The molecule has 0 atom stereocenters. The van der Waals surface area contributed by atoms with Gasteiger partial charge in [-0.05, 0) is 12.5 Å². The van der Waals surface area contributed by atoms with Crippen LogP contribution in [-0.2, 0) is 0 Å². The molecule has 0 amide bonds. The van der Waals surface area contributed by atoms with Crippen LogP contribution in [0.4, 0.5) is 5.69 Å². The van der Waals surface area contributed by atoms with Crippen LogP contribution in [0.2, 0.25) is 0 Å². The van der Waals surface area contributed by atoms with Gasteiger partial charge in [0, 0.05) is 17.8 Å². The fourth-order valence-electron chi connectivity index (χ4n) is 1.44. The third-order valence-electron chi connectivity index (χ3n) is 2.17. The van der Waals surface area contributed by atoms with Gasteiger partial charge in [-0.25, -0.2) is 0 Å². The van der Waals surface area contributed by atoms with Crippen molar-refractivity contribution in [3.63, 3.8) is 0 Å². The summed E-state index contributed by atoms with van der Waals surface area (Å²) >= 11 is 5.62. The molecule has 78 valence electrons. The van der Waals surface area contributed by atoms with E-state index >= 15 is 0 Å². The molecule has 0 saturated carbocycles. The molecule has 0 aliphatic heterocycles. The lowest BCUT2D eigenvalue weighted by molar-refractivity contribution is 0.981. The van der Waals surface area contributed by atoms with Gasteiger partial charge in [-0.15, -0.1) is 11.6 Å². The van der Waals surface area contributed by atoms with Gasteiger partial charge < -0.3 is 5.32 Å². The minimum absolute atomic E-state index is 0.670. The van der Waals surface area contributed by atoms with Gasteiger partial charge in [-0.1, -0.05) is 18.2 Å². The lowest BCUT2D eigenvalue weighted by Gasteiger charge is -2.06. The summed E-state index contributed by atoms with van der Waals surface area (Å²) in [5.41, 5.74) is 1.93. The molecule has 1 aromatic carbocycles. The number of rotatable bonds is 4. The zero-order valence-corrected chi connectivity index (χ0v) is 9.04. The van der Waals surface area contributed by atoms with Crippen molar-refractivity contribution < 1.29 is 0 Å². The number of anilines is 1. The molecule has 0 unspecified atom stereocenters. The SMILES string of the molecule is ClCCCNc1cnnc2ccccc12. The van der Waals surface area contributed by atoms with Crippen LogP contribution >= 0.6 is 11.6 Å². The van der Waals surface area contributed by atoms with Gasteiger partial charge in [0.15, 0.2) is 0 Å². The van der Waals surface area contributed by atoms with Crippen molar-refractivity contribution in [2.75, 3.05) is 17.7 Å². The Morgan fingerprint density at radius 2 is 2.13 bits per heavy atom. The van der Waals surface area contributed by atoms with Gasteiger partial charge in [0.1, 0.15) is 0 Å². The number of hydrogen-bond donors (Lipinski definition) is 1. The van der Waals surface area contributed by atoms with Crippen LogP contribution in [0.15, 0.2) is 30.5 Å². The molecule has 1 aromatic heterocycles. The summed E-state index contributed by atoms with van der Waals surface area (Å²) in [4.78, 5) is 0. The standard InChI is InChI=1S/C11H12ClN3/c12-6-3-7-13-11-8-14-15-10-5-2-1-4-9(10)11/h1-2,4-5,8H,3,6-7H2,(H,13,15). The first-order valence-corrected chi connectivity index (χ1v) is 5.45. The second-order valence-electron chi connectivity index (χ2n) is 3.24. The van der Waals surface area contributed by atoms with E-state index in [0.29, 0.717) is 5.88 Å². The van der Waals surface area contributed by atoms with Crippen LogP contribution in [0.25, 0.3) is 10.9 Å². The highest BCUT2D eigenvalue weighted by molar-refractivity contribution is 6.17. The number of halogens is 1. The first-order chi connectivity index (χ1) is 7.42. The van der Waals surface area contributed by atoms with Gasteiger partial charge in [0.25, 0.3) is 0 Å². The van der Waals surface area contributed by atoms with Crippen molar-refractivity contribution in [3.05, 3.63) is 30.5 Å². The minimum atomic E-state index is 0.670. The first kappa shape index (κ1) is 10.2. The quantitative estimate of drug-likeness (QED) is 0.637. The number of benzene rings is 1. The summed E-state index contributed by atoms with van der Waals surface area (Å²) in [6.07, 6.45) is 2.69. The number of hydrogen-bond acceptors (Lipinski definition) is 3. The van der Waals surface area contributed by atoms with Gasteiger partial charge in [0.2, 0.25) is 0 Å². The second-order valence-corrected chi connectivity index (χ2v) is 3.62. The van der Waals surface area contributed by atoms with E-state index in [9.17, 15) is 0 Å². The Morgan fingerprint density at radius 1 is 1.27 bits per heavy atom. The van der Waals surface area contributed by atoms with E-state index < -0.39 is 0 Å². The predicted octanol–water partition coefficient (Wildman–Crippen LogP) is 2.67. The Morgan fingerprint density at radius 3 is 3.00 bits per heavy atom. The highest BCUT2D eigenvalue weighted by atomic mass is 35.5. The van der Waals surface area contributed by atoms with E-state index in [-0.39, 0.29) is 0 Å². The Kier molecular flexibility index (Phi) is 3.35. The molecule has 1 heterocycles. The summed E-state index contributed by atoms with van der Waals surface area (Å²) in [6, 6.07) is 7.94. The maximum absolute atomic E-state index is 5.62. The normalized spacial score (nSPS) is 10.5. The second kappa shape index (κ2) is 4.94. The lowest BCUT2D eigenvalue weighted by Crippen LogP contribution is -2.03. The number of alkyl halides is 1. The van der Waals surface area contributed by atoms with Crippen molar-refractivity contribution in [2.45, 2.75) is 6.42 Å². The van der Waals surface area contributed by atoms with Crippen LogP contribution in [-0.4, -0.2) is 22.6 Å². The topological polar surface area (TPSA) is 37.8 Å². The van der Waals surface area contributed by atoms with Crippen molar-refractivity contribution >= 4 is 28.2 Å². The minimum Gasteiger partial charge on any atom is -0.383 e. The largest absolute Gasteiger partial charge is 0.383 e. The van der Waals surface area contributed by atoms with E-state index in [4.69, 9.17) is 11.6 Å². The number of nitrogens with zero attached hydrogens (tertiary/aromatic N) is 2. The van der Waals surface area contributed by atoms with Crippen LogP contribution in [0.5, 0.6) is 0 Å². The molecule has 2 aromatic rings. The average molecular weight is 222 g/mol. The molecule has 2 rings (SSSR count). The third kappa shape index (κ3) is 2.36. The number of nitrogens with one attached hydrogen (secondary N) is 1. The van der Waals surface area contributed by atoms with Crippen LogP contribution < -0.4 is 5.32 Å². The lowest BCUT2D eigenvalue weighted by atomic mass is 10.2. The van der Waals surface area contributed by atoms with Crippen molar-refractivity contribution in [3.8, 4) is 0 Å². The first-order valence-electron chi connectivity index (χ1n) is 4.92. The van der Waals surface area contributed by atoms with Gasteiger partial charge in [0.05, 0.1) is 17.4 Å². The summed E-state index contributed by atoms with van der Waals surface area (Å²) in [7, 11) is 0. The van der Waals surface area contributed by atoms with Gasteiger partial charge >= 0.3 is 0 Å². The van der Waals surface area contributed by atoms with Crippen LogP contribution in [0.1, 0.15) is 6.42 Å². The smallest absolute Gasteiger partial charge is 0.0950 e. The molecule has 0 aliphatic carbocycles. The molecular formula is C11H12ClN3. The maximum atomic E-state index is 5.62. The molecule has 0 radical (unpaired) electrons. The van der Waals surface area contributed by atoms with Crippen LogP contribution in [0.3, 0.4) is 0 Å². The van der Waals surface area contributed by atoms with E-state index in [2.05, 4.69) is 15.5 Å². The predicted molar refractivity (Wildman–Crippen MR) is 63.4 cm³/mol. The molecule has 0 bridgehead atoms. The summed E-state index contributed by atoms with van der Waals surface area (Å²) in [5, 5.41) is 12.4. The molecule has 0 aliphatic rings. The Balaban J connectivity index is 2.26. The fourth-order valence-corrected chi connectivity index (χ4v) is 1.57. The maximum Gasteiger partial charge on any atom is 0.0950 e. The Labute approximate surface area is 93.5 Å². The Bertz CT molecular complexity index is 439. The summed E-state index contributed by atoms with van der Waals surface area (Å²) in [6.45, 7) is 0.860. The van der Waals surface area contributed by atoms with E-state index in [1.165, 1.54) is 0 Å². The van der Waals surface area contributed by atoms with E-state index in [1.54, 1.807) is 6.20 Å². The molecule has 15 heavy (non-hydrogen) atoms. The number of fused-ring (bicyclic) bond motifs is 1. The van der Waals surface area contributed by atoms with Crippen molar-refractivity contribution in [2.24, 2.45) is 0 Å². The molecule has 0 saturated heterocycles. The summed E-state index contributed by atoms with van der Waals surface area (Å²) in [5.74, 6) is 0.670. The van der Waals surface area contributed by atoms with E-state index in [0.717, 1.165) is 29.6 Å². The third-order valence-corrected chi connectivity index (χ3v) is 2.44. The average Bonchev–Trinajstić information content (AvgIpc) is 2.30. The zero-order valence-electron chi connectivity index (χ0n) is 8.28. The Hall–Kier alpha value is -1.35. The van der Waals surface area contributed by atoms with Crippen molar-refractivity contribution in [1.29, 1.82) is 0 Å².